The van der Waals surface area contributed by atoms with Gasteiger partial charge < -0.3 is 25.4 Å². The number of amides is 3. The number of benzene rings is 2. The molecule has 196 valence electrons. The second kappa shape index (κ2) is 11.9. The maximum atomic E-state index is 13.8. The fourth-order valence-electron chi connectivity index (χ4n) is 3.92. The molecule has 8 nitrogen and oxygen atoms in total. The summed E-state index contributed by atoms with van der Waals surface area (Å²) in [5, 5.41) is 16.4. The van der Waals surface area contributed by atoms with Crippen LogP contribution in [0.4, 0.5) is 10.5 Å². The Hall–Kier alpha value is -3.55. The zero-order valence-electron chi connectivity index (χ0n) is 22.6. The SMILES string of the molecule is CCC(C)N(C(=O)CNC(=O)OC(C)(C)C)C(C(=O)Nc1c(C)cccc1C)c1cccc(C)c1O. The molecule has 0 radical (unpaired) electrons. The molecule has 36 heavy (non-hydrogen) atoms. The fraction of sp³-hybridized carbons (Fsp3) is 0.464. The lowest BCUT2D eigenvalue weighted by atomic mass is 9.97. The van der Waals surface area contributed by atoms with Gasteiger partial charge in [0.05, 0.1) is 0 Å². The second-order valence-electron chi connectivity index (χ2n) is 10.1. The lowest BCUT2D eigenvalue weighted by molar-refractivity contribution is -0.140. The van der Waals surface area contributed by atoms with E-state index in [1.54, 1.807) is 45.9 Å². The summed E-state index contributed by atoms with van der Waals surface area (Å²) in [6.07, 6.45) is -0.173. The molecule has 0 heterocycles. The van der Waals surface area contributed by atoms with Gasteiger partial charge in [0.25, 0.3) is 5.91 Å². The van der Waals surface area contributed by atoms with Crippen LogP contribution in [0.1, 0.15) is 69.3 Å². The van der Waals surface area contributed by atoms with Crippen molar-refractivity contribution in [2.24, 2.45) is 0 Å². The second-order valence-corrected chi connectivity index (χ2v) is 10.1. The Morgan fingerprint density at radius 3 is 2.11 bits per heavy atom. The first kappa shape index (κ1) is 28.7. The van der Waals surface area contributed by atoms with Gasteiger partial charge in [0.15, 0.2) is 0 Å². The summed E-state index contributed by atoms with van der Waals surface area (Å²) in [5.74, 6) is -0.989. The van der Waals surface area contributed by atoms with E-state index in [4.69, 9.17) is 4.74 Å². The van der Waals surface area contributed by atoms with Crippen LogP contribution >= 0.6 is 0 Å². The van der Waals surface area contributed by atoms with E-state index in [0.717, 1.165) is 11.1 Å². The summed E-state index contributed by atoms with van der Waals surface area (Å²) in [6.45, 7) is 14.1. The third-order valence-electron chi connectivity index (χ3n) is 5.96. The first-order valence-electron chi connectivity index (χ1n) is 12.2. The van der Waals surface area contributed by atoms with Crippen LogP contribution in [0, 0.1) is 20.8 Å². The minimum Gasteiger partial charge on any atom is -0.507 e. The number of para-hydroxylation sites is 2. The smallest absolute Gasteiger partial charge is 0.408 e. The number of rotatable bonds is 8. The molecule has 0 fully saturated rings. The van der Waals surface area contributed by atoms with E-state index in [9.17, 15) is 19.5 Å². The van der Waals surface area contributed by atoms with Crippen molar-refractivity contribution in [2.75, 3.05) is 11.9 Å². The van der Waals surface area contributed by atoms with Gasteiger partial charge in [-0.3, -0.25) is 9.59 Å². The highest BCUT2D eigenvalue weighted by Crippen LogP contribution is 2.34. The Morgan fingerprint density at radius 1 is 1.00 bits per heavy atom. The van der Waals surface area contributed by atoms with Gasteiger partial charge in [-0.05, 0) is 71.6 Å². The molecule has 0 bridgehead atoms. The molecular weight excluding hydrogens is 458 g/mol. The fourth-order valence-corrected chi connectivity index (χ4v) is 3.92. The molecule has 2 rings (SSSR count). The number of aryl methyl sites for hydroxylation is 3. The number of hydrogen-bond donors (Lipinski definition) is 3. The van der Waals surface area contributed by atoms with Gasteiger partial charge >= 0.3 is 6.09 Å². The van der Waals surface area contributed by atoms with Crippen LogP contribution in [0.3, 0.4) is 0 Å². The van der Waals surface area contributed by atoms with E-state index in [1.165, 1.54) is 4.90 Å². The van der Waals surface area contributed by atoms with Crippen molar-refractivity contribution < 1.29 is 24.2 Å². The van der Waals surface area contributed by atoms with Crippen molar-refractivity contribution in [2.45, 2.75) is 79.5 Å². The third kappa shape index (κ3) is 7.23. The van der Waals surface area contributed by atoms with Gasteiger partial charge in [0.2, 0.25) is 5.91 Å². The molecule has 0 aromatic heterocycles. The zero-order valence-corrected chi connectivity index (χ0v) is 22.6. The predicted octanol–water partition coefficient (Wildman–Crippen LogP) is 5.15. The highest BCUT2D eigenvalue weighted by Gasteiger charge is 2.36. The largest absolute Gasteiger partial charge is 0.507 e. The molecule has 0 saturated carbocycles. The molecule has 2 aromatic rings. The number of anilines is 1. The van der Waals surface area contributed by atoms with Crippen LogP contribution in [-0.2, 0) is 14.3 Å². The lowest BCUT2D eigenvalue weighted by Gasteiger charge is -2.36. The Balaban J connectivity index is 2.51. The minimum atomic E-state index is -1.13. The number of phenolic OH excluding ortho intramolecular Hbond substituents is 1. The molecule has 2 unspecified atom stereocenters. The molecule has 0 aliphatic rings. The van der Waals surface area contributed by atoms with Crippen LogP contribution < -0.4 is 10.6 Å². The van der Waals surface area contributed by atoms with Gasteiger partial charge in [-0.25, -0.2) is 4.79 Å². The van der Waals surface area contributed by atoms with E-state index in [0.29, 0.717) is 23.2 Å². The Morgan fingerprint density at radius 2 is 1.56 bits per heavy atom. The zero-order chi connectivity index (χ0) is 27.2. The normalized spacial score (nSPS) is 12.9. The number of aromatic hydroxyl groups is 1. The highest BCUT2D eigenvalue weighted by molar-refractivity contribution is 6.00. The van der Waals surface area contributed by atoms with E-state index < -0.39 is 29.6 Å². The van der Waals surface area contributed by atoms with Crippen LogP contribution in [-0.4, -0.2) is 46.1 Å². The Kier molecular flexibility index (Phi) is 9.50. The molecular formula is C28H39N3O5. The van der Waals surface area contributed by atoms with Gasteiger partial charge in [-0.1, -0.05) is 43.3 Å². The maximum absolute atomic E-state index is 13.8. The number of alkyl carbamates (subject to hydrolysis) is 1. The monoisotopic (exact) mass is 497 g/mol. The van der Waals surface area contributed by atoms with E-state index in [-0.39, 0.29) is 18.3 Å². The van der Waals surface area contributed by atoms with E-state index >= 15 is 0 Å². The molecule has 0 aliphatic heterocycles. The van der Waals surface area contributed by atoms with Gasteiger partial charge in [-0.2, -0.15) is 0 Å². The summed E-state index contributed by atoms with van der Waals surface area (Å²) >= 11 is 0. The molecule has 0 spiro atoms. The summed E-state index contributed by atoms with van der Waals surface area (Å²) in [7, 11) is 0. The first-order valence-corrected chi connectivity index (χ1v) is 12.2. The Bertz CT molecular complexity index is 1090. The molecule has 8 heteroatoms. The van der Waals surface area contributed by atoms with Crippen molar-refractivity contribution in [3.63, 3.8) is 0 Å². The molecule has 2 aromatic carbocycles. The van der Waals surface area contributed by atoms with Crippen molar-refractivity contribution in [1.82, 2.24) is 10.2 Å². The average Bonchev–Trinajstić information content (AvgIpc) is 2.78. The molecule has 0 saturated heterocycles. The number of carbonyl (C=O) groups is 3. The first-order chi connectivity index (χ1) is 16.8. The number of nitrogens with zero attached hydrogens (tertiary/aromatic N) is 1. The minimum absolute atomic E-state index is 0.0552. The van der Waals surface area contributed by atoms with Gasteiger partial charge in [0.1, 0.15) is 23.9 Å². The topological polar surface area (TPSA) is 108 Å². The molecule has 0 aliphatic carbocycles. The average molecular weight is 498 g/mol. The summed E-state index contributed by atoms with van der Waals surface area (Å²) in [6, 6.07) is 9.30. The standard InChI is InChI=1S/C28H39N3O5/c1-9-20(5)31(22(32)16-29-27(35)36-28(6,7)8)24(21-15-11-14-19(4)25(21)33)26(34)30-23-17(2)12-10-13-18(23)3/h10-15,20,24,33H,9,16H2,1-8H3,(H,29,35)(H,30,34). The number of phenols is 1. The summed E-state index contributed by atoms with van der Waals surface area (Å²) in [4.78, 5) is 41.0. The Labute approximate surface area is 214 Å². The summed E-state index contributed by atoms with van der Waals surface area (Å²) in [5.41, 5.74) is 2.59. The molecule has 2 atom stereocenters. The summed E-state index contributed by atoms with van der Waals surface area (Å²) < 4.78 is 5.25. The van der Waals surface area contributed by atoms with Crippen LogP contribution in [0.2, 0.25) is 0 Å². The maximum Gasteiger partial charge on any atom is 0.408 e. The predicted molar refractivity (Wildman–Crippen MR) is 141 cm³/mol. The van der Waals surface area contributed by atoms with Crippen molar-refractivity contribution >= 4 is 23.6 Å². The van der Waals surface area contributed by atoms with Crippen LogP contribution in [0.25, 0.3) is 0 Å². The molecule has 3 amide bonds. The lowest BCUT2D eigenvalue weighted by Crippen LogP contribution is -2.50. The van der Waals surface area contributed by atoms with Gasteiger partial charge in [-0.15, -0.1) is 0 Å². The van der Waals surface area contributed by atoms with Crippen LogP contribution in [0.15, 0.2) is 36.4 Å². The quantitative estimate of drug-likeness (QED) is 0.468. The highest BCUT2D eigenvalue weighted by atomic mass is 16.6. The van der Waals surface area contributed by atoms with Crippen molar-refractivity contribution in [3.8, 4) is 5.75 Å². The number of nitrogens with one attached hydrogen (secondary N) is 2. The van der Waals surface area contributed by atoms with Crippen LogP contribution in [0.5, 0.6) is 5.75 Å². The number of hydrogen-bond acceptors (Lipinski definition) is 5. The van der Waals surface area contributed by atoms with E-state index in [2.05, 4.69) is 10.6 Å². The van der Waals surface area contributed by atoms with Crippen molar-refractivity contribution in [1.29, 1.82) is 0 Å². The van der Waals surface area contributed by atoms with Gasteiger partial charge in [0, 0.05) is 17.3 Å². The third-order valence-corrected chi connectivity index (χ3v) is 5.96. The van der Waals surface area contributed by atoms with E-state index in [1.807, 2.05) is 45.9 Å². The number of carbonyl (C=O) groups excluding carboxylic acids is 3. The molecule has 3 N–H and O–H groups in total. The number of ether oxygens (including phenoxy) is 1. The van der Waals surface area contributed by atoms with Crippen molar-refractivity contribution in [3.05, 3.63) is 58.7 Å².